The molecule has 0 bridgehead atoms. The van der Waals surface area contributed by atoms with E-state index in [4.69, 9.17) is 10.00 Å². The predicted molar refractivity (Wildman–Crippen MR) is 114 cm³/mol. The molecule has 0 aliphatic heterocycles. The summed E-state index contributed by atoms with van der Waals surface area (Å²) in [6.45, 7) is 4.38. The lowest BCUT2D eigenvalue weighted by Crippen LogP contribution is -2.12. The van der Waals surface area contributed by atoms with Gasteiger partial charge in [-0.3, -0.25) is 0 Å². The smallest absolute Gasteiger partial charge is 0.213 e. The van der Waals surface area contributed by atoms with Gasteiger partial charge in [0.05, 0.1) is 11.7 Å². The quantitative estimate of drug-likeness (QED) is 0.265. The zero-order valence-electron chi connectivity index (χ0n) is 17.7. The normalized spacial score (nSPS) is 11.9. The third-order valence-electron chi connectivity index (χ3n) is 5.15. The number of hydrogen-bond donors (Lipinski definition) is 0. The van der Waals surface area contributed by atoms with Gasteiger partial charge in [-0.05, 0) is 25.8 Å². The maximum atomic E-state index is 8.77. The molecule has 0 aliphatic rings. The molecule has 0 spiro atoms. The van der Waals surface area contributed by atoms with Crippen LogP contribution in [0.15, 0.2) is 18.3 Å². The first-order valence-corrected chi connectivity index (χ1v) is 11.3. The SMILES string of the molecule is CCCCCCCCCCCCCCCC[C@@H](C)Oc1ccc(C#N)cn1. The van der Waals surface area contributed by atoms with Gasteiger partial charge >= 0.3 is 0 Å². The van der Waals surface area contributed by atoms with Gasteiger partial charge < -0.3 is 4.74 Å². The van der Waals surface area contributed by atoms with Gasteiger partial charge in [0, 0.05) is 12.3 Å². The fourth-order valence-electron chi connectivity index (χ4n) is 3.41. The molecular formula is C24H40N2O. The highest BCUT2D eigenvalue weighted by Crippen LogP contribution is 2.15. The van der Waals surface area contributed by atoms with Crippen LogP contribution in [0.2, 0.25) is 0 Å². The van der Waals surface area contributed by atoms with Crippen LogP contribution < -0.4 is 4.74 Å². The summed E-state index contributed by atoms with van der Waals surface area (Å²) in [6, 6.07) is 5.60. The Morgan fingerprint density at radius 3 is 1.81 bits per heavy atom. The predicted octanol–water partition coefficient (Wildman–Crippen LogP) is 7.59. The first-order valence-electron chi connectivity index (χ1n) is 11.3. The molecule has 0 radical (unpaired) electrons. The van der Waals surface area contributed by atoms with Crippen LogP contribution in [-0.2, 0) is 0 Å². The molecule has 0 N–H and O–H groups in total. The van der Waals surface area contributed by atoms with Gasteiger partial charge in [-0.15, -0.1) is 0 Å². The van der Waals surface area contributed by atoms with E-state index in [2.05, 4.69) is 24.9 Å². The fraction of sp³-hybridized carbons (Fsp3) is 0.750. The van der Waals surface area contributed by atoms with E-state index in [1.807, 2.05) is 0 Å². The zero-order valence-corrected chi connectivity index (χ0v) is 17.7. The fourth-order valence-corrected chi connectivity index (χ4v) is 3.41. The molecule has 3 nitrogen and oxygen atoms in total. The Kier molecular flexibility index (Phi) is 14.4. The molecule has 1 aromatic heterocycles. The van der Waals surface area contributed by atoms with Crippen LogP contribution in [-0.4, -0.2) is 11.1 Å². The molecule has 1 rings (SSSR count). The third-order valence-corrected chi connectivity index (χ3v) is 5.15. The Hall–Kier alpha value is -1.56. The zero-order chi connectivity index (χ0) is 19.6. The van der Waals surface area contributed by atoms with E-state index in [1.54, 1.807) is 18.3 Å². The van der Waals surface area contributed by atoms with Crippen molar-refractivity contribution in [2.75, 3.05) is 0 Å². The van der Waals surface area contributed by atoms with E-state index < -0.39 is 0 Å². The van der Waals surface area contributed by atoms with Crippen molar-refractivity contribution in [1.82, 2.24) is 4.98 Å². The number of hydrogen-bond acceptors (Lipinski definition) is 3. The molecule has 0 saturated carbocycles. The van der Waals surface area contributed by atoms with Gasteiger partial charge in [0.15, 0.2) is 0 Å². The summed E-state index contributed by atoms with van der Waals surface area (Å²) in [4.78, 5) is 4.16. The minimum absolute atomic E-state index is 0.183. The molecule has 27 heavy (non-hydrogen) atoms. The second-order valence-corrected chi connectivity index (χ2v) is 7.81. The summed E-state index contributed by atoms with van der Waals surface area (Å²) in [5.74, 6) is 0.617. The lowest BCUT2D eigenvalue weighted by atomic mass is 10.0. The van der Waals surface area contributed by atoms with Crippen LogP contribution in [0.5, 0.6) is 5.88 Å². The van der Waals surface area contributed by atoms with E-state index in [0.29, 0.717) is 11.4 Å². The summed E-state index contributed by atoms with van der Waals surface area (Å²) in [5, 5.41) is 8.77. The molecule has 1 atom stereocenters. The summed E-state index contributed by atoms with van der Waals surface area (Å²) in [5.41, 5.74) is 0.571. The summed E-state index contributed by atoms with van der Waals surface area (Å²) in [7, 11) is 0. The highest BCUT2D eigenvalue weighted by atomic mass is 16.5. The Morgan fingerprint density at radius 2 is 1.37 bits per heavy atom. The Labute approximate surface area is 167 Å². The lowest BCUT2D eigenvalue weighted by Gasteiger charge is -2.13. The summed E-state index contributed by atoms with van der Waals surface area (Å²) < 4.78 is 5.81. The number of aromatic nitrogens is 1. The first kappa shape index (κ1) is 23.5. The lowest BCUT2D eigenvalue weighted by molar-refractivity contribution is 0.198. The van der Waals surface area contributed by atoms with Gasteiger partial charge in [0.1, 0.15) is 6.07 Å². The number of unbranched alkanes of at least 4 members (excludes halogenated alkanes) is 13. The van der Waals surface area contributed by atoms with E-state index in [-0.39, 0.29) is 6.10 Å². The second kappa shape index (κ2) is 16.6. The number of nitrogens with zero attached hydrogens (tertiary/aromatic N) is 2. The molecule has 0 saturated heterocycles. The van der Waals surface area contributed by atoms with Crippen molar-refractivity contribution in [3.05, 3.63) is 23.9 Å². The van der Waals surface area contributed by atoms with Gasteiger partial charge in [-0.25, -0.2) is 4.98 Å². The molecule has 0 amide bonds. The molecule has 0 fully saturated rings. The largest absolute Gasteiger partial charge is 0.475 e. The maximum Gasteiger partial charge on any atom is 0.213 e. The van der Waals surface area contributed by atoms with E-state index in [1.165, 1.54) is 89.9 Å². The summed E-state index contributed by atoms with van der Waals surface area (Å²) in [6.07, 6.45) is 22.3. The monoisotopic (exact) mass is 372 g/mol. The van der Waals surface area contributed by atoms with Gasteiger partial charge in [-0.2, -0.15) is 5.26 Å². The van der Waals surface area contributed by atoms with Gasteiger partial charge in [0.25, 0.3) is 0 Å². The van der Waals surface area contributed by atoms with Crippen molar-refractivity contribution >= 4 is 0 Å². The van der Waals surface area contributed by atoms with Crippen molar-refractivity contribution in [3.63, 3.8) is 0 Å². The van der Waals surface area contributed by atoms with Crippen LogP contribution in [0.25, 0.3) is 0 Å². The van der Waals surface area contributed by atoms with Crippen LogP contribution in [0, 0.1) is 11.3 Å². The molecule has 0 unspecified atom stereocenters. The molecule has 0 aromatic carbocycles. The second-order valence-electron chi connectivity index (χ2n) is 7.81. The molecule has 1 aromatic rings. The number of rotatable bonds is 17. The summed E-state index contributed by atoms with van der Waals surface area (Å²) >= 11 is 0. The van der Waals surface area contributed by atoms with E-state index in [0.717, 1.165) is 6.42 Å². The average Bonchev–Trinajstić information content (AvgIpc) is 2.69. The van der Waals surface area contributed by atoms with Crippen molar-refractivity contribution in [2.24, 2.45) is 0 Å². The average molecular weight is 373 g/mol. The molecule has 152 valence electrons. The molecule has 1 heterocycles. The van der Waals surface area contributed by atoms with Crippen molar-refractivity contribution < 1.29 is 4.74 Å². The molecule has 0 aliphatic carbocycles. The molecular weight excluding hydrogens is 332 g/mol. The first-order chi connectivity index (χ1) is 13.3. The van der Waals surface area contributed by atoms with Gasteiger partial charge in [-0.1, -0.05) is 90.4 Å². The Balaban J connectivity index is 1.86. The van der Waals surface area contributed by atoms with E-state index in [9.17, 15) is 0 Å². The van der Waals surface area contributed by atoms with Crippen LogP contribution >= 0.6 is 0 Å². The van der Waals surface area contributed by atoms with Crippen LogP contribution in [0.4, 0.5) is 0 Å². The number of pyridine rings is 1. The number of nitriles is 1. The highest BCUT2D eigenvalue weighted by molar-refractivity contribution is 5.28. The van der Waals surface area contributed by atoms with Crippen LogP contribution in [0.3, 0.4) is 0 Å². The molecule has 3 heteroatoms. The minimum atomic E-state index is 0.183. The Morgan fingerprint density at radius 1 is 0.852 bits per heavy atom. The highest BCUT2D eigenvalue weighted by Gasteiger charge is 2.05. The Bertz CT molecular complexity index is 492. The van der Waals surface area contributed by atoms with Crippen LogP contribution in [0.1, 0.15) is 116 Å². The standard InChI is InChI=1S/C24H40N2O/c1-3-4-5-6-7-8-9-10-11-12-13-14-15-16-17-22(2)27-24-19-18-23(20-25)21-26-24/h18-19,21-22H,3-17H2,1-2H3/t22-/m1/s1. The van der Waals surface area contributed by atoms with Crippen molar-refractivity contribution in [1.29, 1.82) is 5.26 Å². The van der Waals surface area contributed by atoms with Crippen molar-refractivity contribution in [2.45, 2.75) is 116 Å². The minimum Gasteiger partial charge on any atom is -0.475 e. The third kappa shape index (κ3) is 13.3. The maximum absolute atomic E-state index is 8.77. The topological polar surface area (TPSA) is 45.9 Å². The number of ether oxygens (including phenoxy) is 1. The van der Waals surface area contributed by atoms with Gasteiger partial charge in [0.2, 0.25) is 5.88 Å². The van der Waals surface area contributed by atoms with E-state index >= 15 is 0 Å². The van der Waals surface area contributed by atoms with Crippen molar-refractivity contribution in [3.8, 4) is 11.9 Å².